The van der Waals surface area contributed by atoms with Crippen LogP contribution in [0, 0.1) is 0 Å². The van der Waals surface area contributed by atoms with Gasteiger partial charge in [0.05, 0.1) is 18.2 Å². The second-order valence-corrected chi connectivity index (χ2v) is 5.57. The van der Waals surface area contributed by atoms with Gasteiger partial charge in [0, 0.05) is 19.8 Å². The topological polar surface area (TPSA) is 48.7 Å². The molecule has 1 heterocycles. The Bertz CT molecular complexity index is 719. The predicted octanol–water partition coefficient (Wildman–Crippen LogP) is 4.78. The molecule has 23 heavy (non-hydrogen) atoms. The van der Waals surface area contributed by atoms with E-state index in [1.165, 1.54) is 6.08 Å². The molecule has 122 valence electrons. The van der Waals surface area contributed by atoms with E-state index in [0.717, 1.165) is 11.1 Å². The molecule has 1 aromatic heterocycles. The molecule has 0 saturated carbocycles. The van der Waals surface area contributed by atoms with Crippen LogP contribution in [0.25, 0.3) is 6.08 Å². The third kappa shape index (κ3) is 4.69. The molecule has 0 amide bonds. The molecular formula is C17H16Cl2O4. The van der Waals surface area contributed by atoms with Gasteiger partial charge in [-0.15, -0.1) is 0 Å². The maximum Gasteiger partial charge on any atom is 0.193 e. The summed E-state index contributed by atoms with van der Waals surface area (Å²) >= 11 is 12.0. The largest absolute Gasteiger partial charge is 0.445 e. The second kappa shape index (κ2) is 8.31. The van der Waals surface area contributed by atoms with Gasteiger partial charge in [-0.1, -0.05) is 11.6 Å². The Kier molecular flexibility index (Phi) is 6.42. The van der Waals surface area contributed by atoms with Crippen molar-refractivity contribution in [3.8, 4) is 0 Å². The number of rotatable bonds is 7. The lowest BCUT2D eigenvalue weighted by molar-refractivity contribution is 0.104. The van der Waals surface area contributed by atoms with E-state index in [2.05, 4.69) is 0 Å². The number of hydrogen-bond donors (Lipinski definition) is 0. The third-order valence-corrected chi connectivity index (χ3v) is 3.73. The summed E-state index contributed by atoms with van der Waals surface area (Å²) in [7, 11) is 3.16. The van der Waals surface area contributed by atoms with Gasteiger partial charge in [-0.25, -0.2) is 0 Å². The molecule has 0 aliphatic rings. The quantitative estimate of drug-likeness (QED) is 0.530. The van der Waals surface area contributed by atoms with Crippen LogP contribution in [0.4, 0.5) is 0 Å². The maximum absolute atomic E-state index is 12.4. The number of hydrogen-bond acceptors (Lipinski definition) is 4. The lowest BCUT2D eigenvalue weighted by Gasteiger charge is -2.10. The van der Waals surface area contributed by atoms with E-state index < -0.39 is 0 Å². The molecule has 2 rings (SSSR count). The van der Waals surface area contributed by atoms with Crippen molar-refractivity contribution < 1.29 is 18.7 Å². The van der Waals surface area contributed by atoms with Gasteiger partial charge in [0.15, 0.2) is 11.0 Å². The summed E-state index contributed by atoms with van der Waals surface area (Å²) < 4.78 is 15.4. The van der Waals surface area contributed by atoms with Crippen molar-refractivity contribution in [1.29, 1.82) is 0 Å². The SMILES string of the molecule is COCc1cc(COC)c(Cl)c(C(=O)/C=C/c2ccc(Cl)o2)c1. The molecule has 0 bridgehead atoms. The maximum atomic E-state index is 12.4. The van der Waals surface area contributed by atoms with Crippen molar-refractivity contribution in [3.05, 3.63) is 63.0 Å². The van der Waals surface area contributed by atoms with Crippen LogP contribution in [-0.4, -0.2) is 20.0 Å². The highest BCUT2D eigenvalue weighted by Crippen LogP contribution is 2.26. The summed E-state index contributed by atoms with van der Waals surface area (Å²) in [6.45, 7) is 0.694. The average molecular weight is 355 g/mol. The van der Waals surface area contributed by atoms with Crippen molar-refractivity contribution in [2.45, 2.75) is 13.2 Å². The van der Waals surface area contributed by atoms with E-state index in [0.29, 0.717) is 29.6 Å². The number of carbonyl (C=O) groups is 1. The molecule has 2 aromatic rings. The first-order chi connectivity index (χ1) is 11.0. The van der Waals surface area contributed by atoms with Gasteiger partial charge >= 0.3 is 0 Å². The standard InChI is InChI=1S/C17H16Cl2O4/c1-21-9-11-7-12(10-22-2)17(19)14(8-11)15(20)5-3-13-4-6-16(18)23-13/h3-8H,9-10H2,1-2H3/b5-3+. The fourth-order valence-electron chi connectivity index (χ4n) is 2.11. The lowest BCUT2D eigenvalue weighted by Crippen LogP contribution is -2.03. The van der Waals surface area contributed by atoms with E-state index in [4.69, 9.17) is 37.1 Å². The average Bonchev–Trinajstić information content (AvgIpc) is 2.94. The van der Waals surface area contributed by atoms with Gasteiger partial charge in [-0.05, 0) is 59.1 Å². The van der Waals surface area contributed by atoms with E-state index in [1.54, 1.807) is 38.5 Å². The Labute approximate surface area is 144 Å². The van der Waals surface area contributed by atoms with Crippen molar-refractivity contribution in [2.75, 3.05) is 14.2 Å². The third-order valence-electron chi connectivity index (χ3n) is 3.08. The molecule has 0 radical (unpaired) electrons. The normalized spacial score (nSPS) is 11.3. The van der Waals surface area contributed by atoms with Crippen molar-refractivity contribution in [3.63, 3.8) is 0 Å². The Morgan fingerprint density at radius 1 is 1.17 bits per heavy atom. The molecule has 0 saturated heterocycles. The van der Waals surface area contributed by atoms with E-state index in [-0.39, 0.29) is 11.0 Å². The Balaban J connectivity index is 2.32. The van der Waals surface area contributed by atoms with Crippen LogP contribution < -0.4 is 0 Å². The van der Waals surface area contributed by atoms with Crippen LogP contribution in [-0.2, 0) is 22.7 Å². The first-order valence-corrected chi connectivity index (χ1v) is 7.57. The molecule has 6 heteroatoms. The zero-order valence-corrected chi connectivity index (χ0v) is 14.3. The Morgan fingerprint density at radius 3 is 2.52 bits per heavy atom. The van der Waals surface area contributed by atoms with Crippen LogP contribution in [0.1, 0.15) is 27.2 Å². The van der Waals surface area contributed by atoms with Crippen molar-refractivity contribution >= 4 is 35.1 Å². The molecule has 0 spiro atoms. The molecule has 0 aliphatic heterocycles. The van der Waals surface area contributed by atoms with E-state index >= 15 is 0 Å². The highest BCUT2D eigenvalue weighted by atomic mass is 35.5. The van der Waals surface area contributed by atoms with Gasteiger partial charge in [-0.3, -0.25) is 4.79 Å². The molecule has 0 N–H and O–H groups in total. The molecule has 0 atom stereocenters. The zero-order chi connectivity index (χ0) is 16.8. The summed E-state index contributed by atoms with van der Waals surface area (Å²) in [5, 5.41) is 0.637. The van der Waals surface area contributed by atoms with Crippen LogP contribution >= 0.6 is 23.2 Å². The lowest BCUT2D eigenvalue weighted by atomic mass is 10.0. The van der Waals surface area contributed by atoms with E-state index in [9.17, 15) is 4.79 Å². The second-order valence-electron chi connectivity index (χ2n) is 4.82. The molecule has 4 nitrogen and oxygen atoms in total. The highest BCUT2D eigenvalue weighted by Gasteiger charge is 2.14. The van der Waals surface area contributed by atoms with Gasteiger partial charge in [-0.2, -0.15) is 0 Å². The summed E-state index contributed by atoms with van der Waals surface area (Å²) in [6.07, 6.45) is 2.94. The van der Waals surface area contributed by atoms with Crippen molar-refractivity contribution in [2.24, 2.45) is 0 Å². The summed E-state index contributed by atoms with van der Waals surface area (Å²) in [6, 6.07) is 6.86. The number of halogens is 2. The van der Waals surface area contributed by atoms with Crippen LogP contribution in [0.2, 0.25) is 10.2 Å². The predicted molar refractivity (Wildman–Crippen MR) is 90.0 cm³/mol. The smallest absolute Gasteiger partial charge is 0.193 e. The Morgan fingerprint density at radius 2 is 1.91 bits per heavy atom. The van der Waals surface area contributed by atoms with Gasteiger partial charge < -0.3 is 13.9 Å². The number of allylic oxidation sites excluding steroid dienone is 1. The van der Waals surface area contributed by atoms with Crippen LogP contribution in [0.15, 0.2) is 34.8 Å². The van der Waals surface area contributed by atoms with Crippen LogP contribution in [0.3, 0.4) is 0 Å². The number of ether oxygens (including phenoxy) is 2. The van der Waals surface area contributed by atoms with Gasteiger partial charge in [0.1, 0.15) is 5.76 Å². The first-order valence-electron chi connectivity index (χ1n) is 6.82. The van der Waals surface area contributed by atoms with E-state index in [1.807, 2.05) is 6.07 Å². The summed E-state index contributed by atoms with van der Waals surface area (Å²) in [4.78, 5) is 12.4. The monoisotopic (exact) mass is 354 g/mol. The zero-order valence-electron chi connectivity index (χ0n) is 12.8. The molecule has 1 aromatic carbocycles. The highest BCUT2D eigenvalue weighted by molar-refractivity contribution is 6.35. The number of ketones is 1. The molecule has 0 aliphatic carbocycles. The molecule has 0 fully saturated rings. The van der Waals surface area contributed by atoms with Crippen molar-refractivity contribution in [1.82, 2.24) is 0 Å². The number of methoxy groups -OCH3 is 2. The number of benzene rings is 1. The minimum absolute atomic E-state index is 0.238. The minimum atomic E-state index is -0.238. The Hall–Kier alpha value is -1.59. The molecular weight excluding hydrogens is 339 g/mol. The fraction of sp³-hybridized carbons (Fsp3) is 0.235. The molecule has 0 unspecified atom stereocenters. The number of furan rings is 1. The van der Waals surface area contributed by atoms with Gasteiger partial charge in [0.2, 0.25) is 0 Å². The number of carbonyl (C=O) groups excluding carboxylic acids is 1. The summed E-state index contributed by atoms with van der Waals surface area (Å²) in [5.41, 5.74) is 1.98. The van der Waals surface area contributed by atoms with Crippen LogP contribution in [0.5, 0.6) is 0 Å². The fourth-order valence-corrected chi connectivity index (χ4v) is 2.51. The first kappa shape index (κ1) is 17.8. The van der Waals surface area contributed by atoms with Gasteiger partial charge in [0.25, 0.3) is 0 Å². The summed E-state index contributed by atoms with van der Waals surface area (Å²) in [5.74, 6) is 0.252. The minimum Gasteiger partial charge on any atom is -0.445 e.